The Bertz CT molecular complexity index is 887. The first kappa shape index (κ1) is 15.8. The fourth-order valence-electron chi connectivity index (χ4n) is 2.21. The van der Waals surface area contributed by atoms with Crippen LogP contribution < -0.4 is 10.1 Å². The summed E-state index contributed by atoms with van der Waals surface area (Å²) in [5.41, 5.74) is 2.30. The lowest BCUT2D eigenvalue weighted by molar-refractivity contribution is -0.116. The van der Waals surface area contributed by atoms with Crippen LogP contribution in [0.15, 0.2) is 18.2 Å². The van der Waals surface area contributed by atoms with Crippen molar-refractivity contribution in [2.75, 3.05) is 12.4 Å². The predicted molar refractivity (Wildman–Crippen MR) is 91.5 cm³/mol. The number of amides is 1. The summed E-state index contributed by atoms with van der Waals surface area (Å²) in [6, 6.07) is 5.59. The van der Waals surface area contributed by atoms with Gasteiger partial charge in [0.1, 0.15) is 12.3 Å². The molecule has 1 aromatic carbocycles. The molecule has 0 bridgehead atoms. The van der Waals surface area contributed by atoms with Gasteiger partial charge >= 0.3 is 0 Å². The molecule has 0 aliphatic carbocycles. The molecule has 2 heterocycles. The largest absolute Gasteiger partial charge is 0.497 e. The van der Waals surface area contributed by atoms with Gasteiger partial charge in [-0.25, -0.2) is 4.98 Å². The molecule has 2 aromatic heterocycles. The van der Waals surface area contributed by atoms with Crippen LogP contribution in [0.4, 0.5) is 5.13 Å². The molecule has 0 atom stereocenters. The Hall–Kier alpha value is -2.12. The molecule has 1 amide bonds. The van der Waals surface area contributed by atoms with Gasteiger partial charge in [-0.2, -0.15) is 5.10 Å². The molecule has 1 N–H and O–H groups in total. The second kappa shape index (κ2) is 6.17. The number of nitrogens with one attached hydrogen (secondary N) is 1. The molecule has 8 heteroatoms. The molecule has 0 aliphatic heterocycles. The van der Waals surface area contributed by atoms with Crippen LogP contribution in [0.2, 0.25) is 5.02 Å². The van der Waals surface area contributed by atoms with E-state index in [9.17, 15) is 4.79 Å². The van der Waals surface area contributed by atoms with Gasteiger partial charge in [-0.3, -0.25) is 9.48 Å². The highest BCUT2D eigenvalue weighted by molar-refractivity contribution is 7.22. The highest BCUT2D eigenvalue weighted by atomic mass is 35.5. The number of methoxy groups -OCH3 is 1. The molecule has 120 valence electrons. The third-order valence-electron chi connectivity index (χ3n) is 3.43. The van der Waals surface area contributed by atoms with E-state index in [-0.39, 0.29) is 12.5 Å². The number of hydrogen-bond acceptors (Lipinski definition) is 5. The number of benzene rings is 1. The smallest absolute Gasteiger partial charge is 0.247 e. The molecule has 3 rings (SSSR count). The van der Waals surface area contributed by atoms with Crippen molar-refractivity contribution in [2.45, 2.75) is 20.4 Å². The highest BCUT2D eigenvalue weighted by Gasteiger charge is 2.14. The number of rotatable bonds is 4. The number of nitrogens with zero attached hydrogens (tertiary/aromatic N) is 3. The molecule has 0 aliphatic rings. The Labute approximate surface area is 142 Å². The van der Waals surface area contributed by atoms with E-state index in [1.807, 2.05) is 32.0 Å². The van der Waals surface area contributed by atoms with E-state index < -0.39 is 0 Å². The van der Waals surface area contributed by atoms with Gasteiger partial charge in [0.15, 0.2) is 5.13 Å². The Morgan fingerprint density at radius 2 is 2.22 bits per heavy atom. The minimum absolute atomic E-state index is 0.0959. The topological polar surface area (TPSA) is 69.0 Å². The van der Waals surface area contributed by atoms with Crippen molar-refractivity contribution in [2.24, 2.45) is 0 Å². The van der Waals surface area contributed by atoms with Crippen LogP contribution in [0.1, 0.15) is 11.4 Å². The zero-order chi connectivity index (χ0) is 16.6. The third-order valence-corrected chi connectivity index (χ3v) is 4.91. The van der Waals surface area contributed by atoms with Gasteiger partial charge in [-0.05, 0) is 32.0 Å². The van der Waals surface area contributed by atoms with Gasteiger partial charge in [-0.1, -0.05) is 22.9 Å². The van der Waals surface area contributed by atoms with Gasteiger partial charge in [-0.15, -0.1) is 0 Å². The maximum atomic E-state index is 12.2. The molecule has 0 unspecified atom stereocenters. The number of ether oxygens (including phenoxy) is 1. The molecule has 0 saturated heterocycles. The van der Waals surface area contributed by atoms with Crippen molar-refractivity contribution in [3.05, 3.63) is 34.6 Å². The number of thiazole rings is 1. The van der Waals surface area contributed by atoms with E-state index in [1.165, 1.54) is 11.3 Å². The second-order valence-electron chi connectivity index (χ2n) is 5.04. The summed E-state index contributed by atoms with van der Waals surface area (Å²) in [6.07, 6.45) is 0. The summed E-state index contributed by atoms with van der Waals surface area (Å²) in [7, 11) is 1.62. The van der Waals surface area contributed by atoms with Gasteiger partial charge in [0.2, 0.25) is 5.91 Å². The van der Waals surface area contributed by atoms with Crippen molar-refractivity contribution in [3.8, 4) is 5.75 Å². The monoisotopic (exact) mass is 350 g/mol. The van der Waals surface area contributed by atoms with Crippen LogP contribution in [-0.4, -0.2) is 27.8 Å². The number of carbonyl (C=O) groups excluding carboxylic acids is 1. The van der Waals surface area contributed by atoms with Crippen LogP contribution in [0.3, 0.4) is 0 Å². The van der Waals surface area contributed by atoms with Crippen molar-refractivity contribution in [1.82, 2.24) is 14.8 Å². The lowest BCUT2D eigenvalue weighted by Crippen LogP contribution is -2.20. The number of carbonyl (C=O) groups is 1. The van der Waals surface area contributed by atoms with E-state index in [4.69, 9.17) is 16.3 Å². The number of aromatic nitrogens is 3. The Balaban J connectivity index is 1.76. The van der Waals surface area contributed by atoms with Gasteiger partial charge in [0.05, 0.1) is 33.7 Å². The maximum absolute atomic E-state index is 12.2. The predicted octanol–water partition coefficient (Wildman–Crippen LogP) is 3.41. The number of aryl methyl sites for hydroxylation is 1. The standard InChI is InChI=1S/C15H15ClN4O2S/c1-8-14(16)9(2)20(19-8)7-13(21)18-15-17-11-5-4-10(22-3)6-12(11)23-15/h4-6H,7H2,1-3H3,(H,17,18,21). The van der Waals surface area contributed by atoms with E-state index in [1.54, 1.807) is 11.8 Å². The van der Waals surface area contributed by atoms with E-state index >= 15 is 0 Å². The lowest BCUT2D eigenvalue weighted by atomic mass is 10.3. The van der Waals surface area contributed by atoms with E-state index in [2.05, 4.69) is 15.4 Å². The van der Waals surface area contributed by atoms with Gasteiger partial charge < -0.3 is 10.1 Å². The molecular weight excluding hydrogens is 336 g/mol. The zero-order valence-electron chi connectivity index (χ0n) is 12.9. The van der Waals surface area contributed by atoms with Crippen LogP contribution >= 0.6 is 22.9 Å². The Morgan fingerprint density at radius 1 is 1.43 bits per heavy atom. The minimum Gasteiger partial charge on any atom is -0.497 e. The third kappa shape index (κ3) is 3.16. The number of halogens is 1. The fraction of sp³-hybridized carbons (Fsp3) is 0.267. The summed E-state index contributed by atoms with van der Waals surface area (Å²) in [6.45, 7) is 3.74. The van der Waals surface area contributed by atoms with Crippen molar-refractivity contribution >= 4 is 44.2 Å². The first-order chi connectivity index (χ1) is 11.0. The lowest BCUT2D eigenvalue weighted by Gasteiger charge is -2.04. The minimum atomic E-state index is -0.196. The number of hydrogen-bond donors (Lipinski definition) is 1. The summed E-state index contributed by atoms with van der Waals surface area (Å²) in [5, 5.41) is 8.18. The maximum Gasteiger partial charge on any atom is 0.247 e. The SMILES string of the molecule is COc1ccc2nc(NC(=O)Cn3nc(C)c(Cl)c3C)sc2c1. The van der Waals surface area contributed by atoms with Crippen LogP contribution in [0.25, 0.3) is 10.2 Å². The van der Waals surface area contributed by atoms with Crippen molar-refractivity contribution in [1.29, 1.82) is 0 Å². The van der Waals surface area contributed by atoms with E-state index in [0.717, 1.165) is 21.7 Å². The average molecular weight is 351 g/mol. The normalized spacial score (nSPS) is 11.0. The average Bonchev–Trinajstić information content (AvgIpc) is 3.02. The van der Waals surface area contributed by atoms with Gasteiger partial charge in [0, 0.05) is 0 Å². The van der Waals surface area contributed by atoms with Crippen molar-refractivity contribution < 1.29 is 9.53 Å². The van der Waals surface area contributed by atoms with Crippen LogP contribution in [0, 0.1) is 13.8 Å². The Morgan fingerprint density at radius 3 is 2.87 bits per heavy atom. The molecule has 0 saturated carbocycles. The summed E-state index contributed by atoms with van der Waals surface area (Å²) in [4.78, 5) is 16.6. The zero-order valence-corrected chi connectivity index (χ0v) is 14.5. The molecule has 3 aromatic rings. The second-order valence-corrected chi connectivity index (χ2v) is 6.45. The number of fused-ring (bicyclic) bond motifs is 1. The number of anilines is 1. The molecule has 0 radical (unpaired) electrons. The van der Waals surface area contributed by atoms with Crippen molar-refractivity contribution in [3.63, 3.8) is 0 Å². The molecule has 0 fully saturated rings. The summed E-state index contributed by atoms with van der Waals surface area (Å²) >= 11 is 7.49. The quantitative estimate of drug-likeness (QED) is 0.782. The highest BCUT2D eigenvalue weighted by Crippen LogP contribution is 2.29. The first-order valence-electron chi connectivity index (χ1n) is 6.92. The molecule has 23 heavy (non-hydrogen) atoms. The fourth-order valence-corrected chi connectivity index (χ4v) is 3.26. The van der Waals surface area contributed by atoms with Crippen LogP contribution in [-0.2, 0) is 11.3 Å². The molecular formula is C15H15ClN4O2S. The van der Waals surface area contributed by atoms with Crippen LogP contribution in [0.5, 0.6) is 5.75 Å². The van der Waals surface area contributed by atoms with Gasteiger partial charge in [0.25, 0.3) is 0 Å². The molecule has 6 nitrogen and oxygen atoms in total. The summed E-state index contributed by atoms with van der Waals surface area (Å²) < 4.78 is 7.73. The first-order valence-corrected chi connectivity index (χ1v) is 8.11. The molecule has 0 spiro atoms. The Kier molecular flexibility index (Phi) is 4.23. The summed E-state index contributed by atoms with van der Waals surface area (Å²) in [5.74, 6) is 0.564. The van der Waals surface area contributed by atoms with E-state index in [0.29, 0.717) is 15.8 Å².